The fourth-order valence-electron chi connectivity index (χ4n) is 1.63. The van der Waals surface area contributed by atoms with Gasteiger partial charge in [-0.3, -0.25) is 0 Å². The summed E-state index contributed by atoms with van der Waals surface area (Å²) in [5, 5.41) is 4.73. The Morgan fingerprint density at radius 2 is 2.62 bits per heavy atom. The highest BCUT2D eigenvalue weighted by atomic mass is 79.9. The first-order valence-electron chi connectivity index (χ1n) is 4.31. The maximum absolute atomic E-state index is 5.77. The van der Waals surface area contributed by atoms with E-state index in [0.717, 1.165) is 31.2 Å². The van der Waals surface area contributed by atoms with Crippen LogP contribution in [0.15, 0.2) is 6.20 Å². The molecule has 0 radical (unpaired) electrons. The van der Waals surface area contributed by atoms with Gasteiger partial charge in [-0.25, -0.2) is 0 Å². The SMILES string of the molecule is BrCC1(Cc2cnns2)CCCO1. The zero-order valence-electron chi connectivity index (χ0n) is 7.20. The fraction of sp³-hybridized carbons (Fsp3) is 0.750. The monoisotopic (exact) mass is 262 g/mol. The quantitative estimate of drug-likeness (QED) is 0.782. The number of hydrogen-bond donors (Lipinski definition) is 0. The van der Waals surface area contributed by atoms with E-state index >= 15 is 0 Å². The summed E-state index contributed by atoms with van der Waals surface area (Å²) >= 11 is 4.98. The number of aromatic nitrogens is 2. The minimum atomic E-state index is 0.00815. The third-order valence-electron chi connectivity index (χ3n) is 2.33. The van der Waals surface area contributed by atoms with E-state index in [9.17, 15) is 0 Å². The highest BCUT2D eigenvalue weighted by Gasteiger charge is 2.34. The van der Waals surface area contributed by atoms with Gasteiger partial charge in [-0.2, -0.15) is 0 Å². The summed E-state index contributed by atoms with van der Waals surface area (Å²) < 4.78 is 9.62. The van der Waals surface area contributed by atoms with Crippen molar-refractivity contribution in [1.29, 1.82) is 0 Å². The molecule has 1 aliphatic heterocycles. The number of hydrogen-bond acceptors (Lipinski definition) is 4. The summed E-state index contributed by atoms with van der Waals surface area (Å²) in [5.41, 5.74) is 0.00815. The van der Waals surface area contributed by atoms with Crippen LogP contribution in [-0.2, 0) is 11.2 Å². The summed E-state index contributed by atoms with van der Waals surface area (Å²) in [4.78, 5) is 1.21. The van der Waals surface area contributed by atoms with E-state index in [2.05, 4.69) is 25.5 Å². The van der Waals surface area contributed by atoms with Crippen molar-refractivity contribution in [1.82, 2.24) is 9.59 Å². The van der Waals surface area contributed by atoms with E-state index in [0.29, 0.717) is 0 Å². The second-order valence-corrected chi connectivity index (χ2v) is 4.76. The van der Waals surface area contributed by atoms with Gasteiger partial charge in [0.25, 0.3) is 0 Å². The first-order chi connectivity index (χ1) is 6.35. The van der Waals surface area contributed by atoms with Crippen molar-refractivity contribution in [2.75, 3.05) is 11.9 Å². The van der Waals surface area contributed by atoms with E-state index in [1.165, 1.54) is 16.4 Å². The third kappa shape index (κ3) is 2.08. The average Bonchev–Trinajstić information content (AvgIpc) is 2.77. The second-order valence-electron chi connectivity index (χ2n) is 3.33. The van der Waals surface area contributed by atoms with Crippen LogP contribution in [0.2, 0.25) is 0 Å². The molecule has 1 unspecified atom stereocenters. The van der Waals surface area contributed by atoms with Gasteiger partial charge in [-0.05, 0) is 24.4 Å². The molecule has 72 valence electrons. The maximum atomic E-state index is 5.77. The van der Waals surface area contributed by atoms with E-state index in [1.54, 1.807) is 0 Å². The normalized spacial score (nSPS) is 28.1. The van der Waals surface area contributed by atoms with Crippen molar-refractivity contribution in [2.45, 2.75) is 24.9 Å². The number of alkyl halides is 1. The van der Waals surface area contributed by atoms with Crippen molar-refractivity contribution in [3.05, 3.63) is 11.1 Å². The molecule has 3 nitrogen and oxygen atoms in total. The van der Waals surface area contributed by atoms with Crippen LogP contribution in [0, 0.1) is 0 Å². The minimum absolute atomic E-state index is 0.00815. The molecule has 0 spiro atoms. The molecule has 2 rings (SSSR count). The largest absolute Gasteiger partial charge is 0.374 e. The van der Waals surface area contributed by atoms with Gasteiger partial charge < -0.3 is 4.74 Å². The topological polar surface area (TPSA) is 35.0 Å². The standard InChI is InChI=1S/C8H11BrN2OS/c9-6-8(2-1-3-12-8)4-7-5-10-11-13-7/h5H,1-4,6H2. The van der Waals surface area contributed by atoms with Crippen LogP contribution in [0.4, 0.5) is 0 Å². The second kappa shape index (κ2) is 4.02. The lowest BCUT2D eigenvalue weighted by atomic mass is 9.98. The summed E-state index contributed by atoms with van der Waals surface area (Å²) in [6.07, 6.45) is 5.07. The minimum Gasteiger partial charge on any atom is -0.374 e. The number of ether oxygens (including phenoxy) is 1. The molecule has 1 aliphatic rings. The lowest BCUT2D eigenvalue weighted by Crippen LogP contribution is -2.32. The highest BCUT2D eigenvalue weighted by Crippen LogP contribution is 2.31. The molecule has 0 bridgehead atoms. The Balaban J connectivity index is 2.06. The van der Waals surface area contributed by atoms with Gasteiger partial charge in [0.2, 0.25) is 0 Å². The van der Waals surface area contributed by atoms with Crippen LogP contribution in [0.5, 0.6) is 0 Å². The summed E-state index contributed by atoms with van der Waals surface area (Å²) in [5.74, 6) is 0. The molecule has 0 saturated carbocycles. The predicted molar refractivity (Wildman–Crippen MR) is 55.3 cm³/mol. The molecule has 0 N–H and O–H groups in total. The molecule has 5 heteroatoms. The van der Waals surface area contributed by atoms with Gasteiger partial charge in [0.15, 0.2) is 0 Å². The average molecular weight is 263 g/mol. The molecule has 0 amide bonds. The van der Waals surface area contributed by atoms with Gasteiger partial charge in [-0.15, -0.1) is 5.10 Å². The van der Waals surface area contributed by atoms with Crippen molar-refractivity contribution < 1.29 is 4.74 Å². The van der Waals surface area contributed by atoms with Gasteiger partial charge in [0.05, 0.1) is 11.8 Å². The molecule has 0 aliphatic carbocycles. The van der Waals surface area contributed by atoms with Crippen molar-refractivity contribution >= 4 is 27.5 Å². The smallest absolute Gasteiger partial charge is 0.0828 e. The van der Waals surface area contributed by atoms with Crippen LogP contribution < -0.4 is 0 Å². The third-order valence-corrected chi connectivity index (χ3v) is 4.01. The summed E-state index contributed by atoms with van der Waals surface area (Å²) in [6.45, 7) is 0.887. The Bertz CT molecular complexity index is 259. The molecule has 2 heterocycles. The Labute approximate surface area is 89.8 Å². The lowest BCUT2D eigenvalue weighted by Gasteiger charge is -2.24. The number of rotatable bonds is 3. The zero-order valence-corrected chi connectivity index (χ0v) is 9.60. The Morgan fingerprint density at radius 1 is 1.69 bits per heavy atom. The zero-order chi connectivity index (χ0) is 9.15. The molecule has 1 aromatic rings. The molecular formula is C8H11BrN2OS. The maximum Gasteiger partial charge on any atom is 0.0828 e. The summed E-state index contributed by atoms with van der Waals surface area (Å²) in [7, 11) is 0. The van der Waals surface area contributed by atoms with Gasteiger partial charge in [-0.1, -0.05) is 20.4 Å². The fourth-order valence-corrected chi connectivity index (χ4v) is 2.89. The van der Waals surface area contributed by atoms with Gasteiger partial charge in [0.1, 0.15) is 0 Å². The van der Waals surface area contributed by atoms with Crippen LogP contribution in [0.25, 0.3) is 0 Å². The Hall–Kier alpha value is -0.0000000000000000486. The first kappa shape index (κ1) is 9.55. The van der Waals surface area contributed by atoms with E-state index in [4.69, 9.17) is 4.74 Å². The lowest BCUT2D eigenvalue weighted by molar-refractivity contribution is 0.0265. The number of halogens is 1. The van der Waals surface area contributed by atoms with E-state index in [1.807, 2.05) is 6.20 Å². The van der Waals surface area contributed by atoms with Crippen LogP contribution in [0.1, 0.15) is 17.7 Å². The Morgan fingerprint density at radius 3 is 3.15 bits per heavy atom. The first-order valence-corrected chi connectivity index (χ1v) is 6.20. The molecule has 0 aromatic carbocycles. The highest BCUT2D eigenvalue weighted by molar-refractivity contribution is 9.09. The van der Waals surface area contributed by atoms with Gasteiger partial charge >= 0.3 is 0 Å². The molecule has 1 fully saturated rings. The van der Waals surface area contributed by atoms with E-state index in [-0.39, 0.29) is 5.60 Å². The summed E-state index contributed by atoms with van der Waals surface area (Å²) in [6, 6.07) is 0. The van der Waals surface area contributed by atoms with Gasteiger partial charge in [0, 0.05) is 23.2 Å². The van der Waals surface area contributed by atoms with Crippen LogP contribution in [0.3, 0.4) is 0 Å². The molecule has 1 aromatic heterocycles. The van der Waals surface area contributed by atoms with Crippen LogP contribution in [-0.4, -0.2) is 27.1 Å². The van der Waals surface area contributed by atoms with Crippen molar-refractivity contribution in [2.24, 2.45) is 0 Å². The predicted octanol–water partition coefficient (Wildman–Crippen LogP) is 2.02. The molecule has 13 heavy (non-hydrogen) atoms. The molecule has 1 saturated heterocycles. The van der Waals surface area contributed by atoms with Crippen LogP contribution >= 0.6 is 27.5 Å². The van der Waals surface area contributed by atoms with Crippen molar-refractivity contribution in [3.8, 4) is 0 Å². The Kier molecular flexibility index (Phi) is 2.96. The molecular weight excluding hydrogens is 252 g/mol. The molecule has 1 atom stereocenters. The van der Waals surface area contributed by atoms with Crippen molar-refractivity contribution in [3.63, 3.8) is 0 Å². The van der Waals surface area contributed by atoms with E-state index < -0.39 is 0 Å². The number of nitrogens with zero attached hydrogens (tertiary/aromatic N) is 2.